The van der Waals surface area contributed by atoms with Gasteiger partial charge in [0.1, 0.15) is 34.9 Å². The van der Waals surface area contributed by atoms with Gasteiger partial charge in [0.25, 0.3) is 23.6 Å². The van der Waals surface area contributed by atoms with Crippen molar-refractivity contribution in [2.45, 2.75) is 40.5 Å². The maximum absolute atomic E-state index is 13.5. The zero-order valence-electron chi connectivity index (χ0n) is 42.6. The average Bonchev–Trinajstić information content (AvgIpc) is 4.06. The van der Waals surface area contributed by atoms with Crippen molar-refractivity contribution in [3.8, 4) is 35.0 Å². The van der Waals surface area contributed by atoms with Gasteiger partial charge in [-0.15, -0.1) is 0 Å². The van der Waals surface area contributed by atoms with E-state index in [0.29, 0.717) is 76.8 Å². The van der Waals surface area contributed by atoms with Crippen molar-refractivity contribution in [2.75, 3.05) is 50.2 Å². The summed E-state index contributed by atoms with van der Waals surface area (Å²) < 4.78 is 15.4. The van der Waals surface area contributed by atoms with E-state index < -0.39 is 7.12 Å². The predicted molar refractivity (Wildman–Crippen MR) is 291 cm³/mol. The number of nitrogens with zero attached hydrogens (tertiary/aromatic N) is 10. The molecule has 0 aliphatic rings. The summed E-state index contributed by atoms with van der Waals surface area (Å²) in [6.45, 7) is 9.36. The minimum atomic E-state index is -1.49. The molecule has 20 nitrogen and oxygen atoms in total. The van der Waals surface area contributed by atoms with E-state index in [1.165, 1.54) is 31.3 Å². The van der Waals surface area contributed by atoms with Crippen LogP contribution >= 0.6 is 15.9 Å². The third kappa shape index (κ3) is 13.4. The summed E-state index contributed by atoms with van der Waals surface area (Å²) in [5.74, 6) is 0.542. The summed E-state index contributed by atoms with van der Waals surface area (Å²) >= 11 is 3.43. The lowest BCUT2D eigenvalue weighted by Crippen LogP contribution is -2.31. The molecule has 0 fully saturated rings. The van der Waals surface area contributed by atoms with Gasteiger partial charge in [-0.1, -0.05) is 38.1 Å². The van der Waals surface area contributed by atoms with Crippen LogP contribution < -0.4 is 35.4 Å². The van der Waals surface area contributed by atoms with Crippen molar-refractivity contribution in [1.29, 1.82) is 10.5 Å². The summed E-state index contributed by atoms with van der Waals surface area (Å²) in [6, 6.07) is 31.0. The number of carbonyl (C=O) groups is 4. The van der Waals surface area contributed by atoms with Crippen LogP contribution in [-0.4, -0.2) is 110 Å². The van der Waals surface area contributed by atoms with Crippen LogP contribution in [0.4, 0.5) is 11.6 Å². The third-order valence-corrected chi connectivity index (χ3v) is 12.0. The number of halogens is 1. The number of nitriles is 2. The molecule has 22 heteroatoms. The highest BCUT2D eigenvalue weighted by atomic mass is 79.9. The first-order chi connectivity index (χ1) is 36.7. The Bertz CT molecular complexity index is 3430. The number of ether oxygens (including phenoxy) is 2. The normalized spacial score (nSPS) is 10.4. The highest BCUT2D eigenvalue weighted by Crippen LogP contribution is 2.28. The molecule has 4 amide bonds. The molecular weight excluding hydrogens is 1040 g/mol. The van der Waals surface area contributed by atoms with Gasteiger partial charge in [-0.3, -0.25) is 29.0 Å². The van der Waals surface area contributed by atoms with Gasteiger partial charge < -0.3 is 30.2 Å². The molecular formula is C54H54BBrN12O8. The van der Waals surface area contributed by atoms with Gasteiger partial charge in [-0.2, -0.15) is 30.7 Å². The number of fused-ring (bicyclic) bond motifs is 2. The van der Waals surface area contributed by atoms with Crippen molar-refractivity contribution in [1.82, 2.24) is 39.8 Å². The summed E-state index contributed by atoms with van der Waals surface area (Å²) in [7, 11) is 1.64. The lowest BCUT2D eigenvalue weighted by Gasteiger charge is -2.21. The number of rotatable bonds is 16. The van der Waals surface area contributed by atoms with Gasteiger partial charge in [0.05, 0.1) is 41.1 Å². The van der Waals surface area contributed by atoms with Crippen LogP contribution in [0, 0.1) is 22.7 Å². The van der Waals surface area contributed by atoms with E-state index in [1.54, 1.807) is 111 Å². The monoisotopic (exact) mass is 1090 g/mol. The van der Waals surface area contributed by atoms with Crippen LogP contribution in [0.15, 0.2) is 126 Å². The second-order valence-electron chi connectivity index (χ2n) is 16.3. The van der Waals surface area contributed by atoms with Crippen LogP contribution in [0.1, 0.15) is 93.1 Å². The highest BCUT2D eigenvalue weighted by Gasteiger charge is 2.23. The van der Waals surface area contributed by atoms with E-state index in [0.717, 1.165) is 39.5 Å². The van der Waals surface area contributed by atoms with Crippen molar-refractivity contribution in [3.05, 3.63) is 160 Å². The van der Waals surface area contributed by atoms with Crippen molar-refractivity contribution in [3.63, 3.8) is 0 Å². The Labute approximate surface area is 447 Å². The number of pyridine rings is 4. The van der Waals surface area contributed by atoms with Crippen LogP contribution in [0.5, 0.6) is 11.8 Å². The van der Waals surface area contributed by atoms with E-state index >= 15 is 0 Å². The van der Waals surface area contributed by atoms with E-state index in [-0.39, 0.29) is 35.4 Å². The second-order valence-corrected chi connectivity index (χ2v) is 17.2. The molecule has 0 saturated heterocycles. The molecule has 0 bridgehead atoms. The predicted octanol–water partition coefficient (Wildman–Crippen LogP) is 6.63. The number of hydrogen-bond acceptors (Lipinski definition) is 14. The molecule has 2 aromatic carbocycles. The number of amides is 4. The summed E-state index contributed by atoms with van der Waals surface area (Å²) in [5, 5.41) is 49.8. The number of anilines is 2. The van der Waals surface area contributed by atoms with Crippen LogP contribution in [0.2, 0.25) is 0 Å². The van der Waals surface area contributed by atoms with Crippen molar-refractivity contribution >= 4 is 74.8 Å². The van der Waals surface area contributed by atoms with Crippen LogP contribution in [0.3, 0.4) is 0 Å². The largest absolute Gasteiger partial charge is 0.488 e. The lowest BCUT2D eigenvalue weighted by atomic mass is 9.80. The topological polar surface area (TPSA) is 266 Å². The molecule has 0 atom stereocenters. The van der Waals surface area contributed by atoms with Gasteiger partial charge >= 0.3 is 7.12 Å². The van der Waals surface area contributed by atoms with Crippen LogP contribution in [0.25, 0.3) is 22.2 Å². The lowest BCUT2D eigenvalue weighted by molar-refractivity contribution is 0.0955. The first-order valence-electron chi connectivity index (χ1n) is 24.1. The SMILES string of the molecule is CCCOc1nc(N(CC)C(=O)c2ccn3ncc(-c4ccc(C(=O)NC)cc4)c3c2)ccc1C#N.CCCOc1nc(N(CC)C(=O)c2ccn3ncc(Br)c3c2)ccc1C#N.CNC(=O)c1ccc(B(O)O)cc1. The Morgan fingerprint density at radius 3 is 1.51 bits per heavy atom. The van der Waals surface area contributed by atoms with E-state index in [2.05, 4.69) is 58.9 Å². The minimum Gasteiger partial charge on any atom is -0.477 e. The zero-order valence-corrected chi connectivity index (χ0v) is 44.1. The molecule has 0 radical (unpaired) electrons. The standard InChI is InChI=1S/C27H26N6O3.C19H18BrN5O2.C8H10BNO3/c1-4-14-36-26-21(16-28)10-11-24(31-26)32(5-2)27(35)20-12-13-33-23(15-20)22(17-30-33)18-6-8-19(9-7-18)25(34)29-3;1-3-9-27-18-14(11-21)5-6-17(23-18)24(4-2)19(26)13-7-8-25-16(10-13)15(20)12-22-25;1-10-8(11)6-2-4-7(5-3-6)9(12)13/h6-13,15,17H,4-5,14H2,1-3H3,(H,29,34);5-8,10,12H,3-4,9H2,1-2H3;2-5,12-13H,1H3,(H,10,11). The highest BCUT2D eigenvalue weighted by molar-refractivity contribution is 9.10. The third-order valence-electron chi connectivity index (χ3n) is 11.4. The van der Waals surface area contributed by atoms with Crippen LogP contribution in [-0.2, 0) is 0 Å². The summed E-state index contributed by atoms with van der Waals surface area (Å²) in [4.78, 5) is 61.5. The molecule has 0 spiro atoms. The number of benzene rings is 2. The van der Waals surface area contributed by atoms with E-state index in [1.807, 2.05) is 39.8 Å². The van der Waals surface area contributed by atoms with Gasteiger partial charge in [-0.05, 0) is 126 Å². The van der Waals surface area contributed by atoms with Gasteiger partial charge in [-0.25, -0.2) is 9.03 Å². The van der Waals surface area contributed by atoms with Gasteiger partial charge in [0.2, 0.25) is 11.8 Å². The Hall–Kier alpha value is -8.96. The number of hydrogen-bond donors (Lipinski definition) is 4. The molecule has 4 N–H and O–H groups in total. The van der Waals surface area contributed by atoms with Gasteiger partial charge in [0, 0.05) is 67.4 Å². The Balaban J connectivity index is 0.000000205. The van der Waals surface area contributed by atoms with Gasteiger partial charge in [0.15, 0.2) is 0 Å². The second kappa shape index (κ2) is 26.8. The summed E-state index contributed by atoms with van der Waals surface area (Å²) in [6.07, 6.45) is 8.46. The molecule has 76 heavy (non-hydrogen) atoms. The molecule has 0 aliphatic carbocycles. The van der Waals surface area contributed by atoms with E-state index in [4.69, 9.17) is 19.5 Å². The quantitative estimate of drug-likeness (QED) is 0.0741. The molecule has 8 rings (SSSR count). The fourth-order valence-corrected chi connectivity index (χ4v) is 7.78. The first kappa shape index (κ1) is 56.3. The Kier molecular flexibility index (Phi) is 19.9. The Morgan fingerprint density at radius 1 is 0.632 bits per heavy atom. The minimum absolute atomic E-state index is 0.159. The maximum atomic E-state index is 13.5. The van der Waals surface area contributed by atoms with E-state index in [9.17, 15) is 29.7 Å². The van der Waals surface area contributed by atoms with Crippen molar-refractivity contribution < 1.29 is 38.7 Å². The molecule has 8 aromatic rings. The Morgan fingerprint density at radius 2 is 1.08 bits per heavy atom. The molecule has 0 aliphatic heterocycles. The summed E-state index contributed by atoms with van der Waals surface area (Å²) in [5.41, 5.74) is 6.35. The molecule has 388 valence electrons. The molecule has 6 aromatic heterocycles. The average molecular weight is 1090 g/mol. The van der Waals surface area contributed by atoms with Crippen molar-refractivity contribution in [2.24, 2.45) is 0 Å². The molecule has 6 heterocycles. The fraction of sp³-hybridized carbons (Fsp3) is 0.222. The zero-order chi connectivity index (χ0) is 54.9. The number of carbonyl (C=O) groups excluding carboxylic acids is 4. The fourth-order valence-electron chi connectivity index (χ4n) is 7.40. The molecule has 0 saturated carbocycles. The first-order valence-corrected chi connectivity index (χ1v) is 24.9. The number of nitrogens with one attached hydrogen (secondary N) is 2. The molecule has 0 unspecified atom stereocenters. The smallest absolute Gasteiger partial charge is 0.477 e. The maximum Gasteiger partial charge on any atom is 0.488 e. The number of aromatic nitrogens is 6.